The number of pyridine rings is 1. The maximum Gasteiger partial charge on any atom is 0.253 e. The van der Waals surface area contributed by atoms with Gasteiger partial charge in [0.1, 0.15) is 11.3 Å². The van der Waals surface area contributed by atoms with Crippen LogP contribution in [0.5, 0.6) is 0 Å². The number of nitrogens with two attached hydrogens (primary N) is 1. The van der Waals surface area contributed by atoms with Crippen molar-refractivity contribution in [1.29, 1.82) is 0 Å². The van der Waals surface area contributed by atoms with Crippen molar-refractivity contribution in [2.24, 2.45) is 5.73 Å². The number of likely N-dealkylation sites (tertiary alicyclic amines) is 1. The number of halogens is 2. The number of rotatable bonds is 6. The molecule has 6 nitrogen and oxygen atoms in total. The number of nitrogens with zero attached hydrogens (tertiary/aromatic N) is 2. The largest absolute Gasteiger partial charge is 0.460 e. The van der Waals surface area contributed by atoms with Gasteiger partial charge in [-0.3, -0.25) is 14.6 Å². The second-order valence-electron chi connectivity index (χ2n) is 9.24. The van der Waals surface area contributed by atoms with Crippen molar-refractivity contribution >= 4 is 22.8 Å². The number of fused-ring (bicyclic) bond motifs is 1. The zero-order valence-electron chi connectivity index (χ0n) is 20.0. The van der Waals surface area contributed by atoms with Gasteiger partial charge in [0.15, 0.2) is 0 Å². The van der Waals surface area contributed by atoms with E-state index in [2.05, 4.69) is 11.6 Å². The van der Waals surface area contributed by atoms with Gasteiger partial charge in [0.25, 0.3) is 11.8 Å². The fourth-order valence-corrected chi connectivity index (χ4v) is 4.49. The molecule has 0 unspecified atom stereocenters. The molecule has 0 bridgehead atoms. The van der Waals surface area contributed by atoms with E-state index in [1.165, 1.54) is 4.90 Å². The lowest BCUT2D eigenvalue weighted by Crippen LogP contribution is -2.42. The van der Waals surface area contributed by atoms with Gasteiger partial charge >= 0.3 is 0 Å². The molecule has 2 amide bonds. The number of primary amides is 1. The molecule has 0 saturated carbocycles. The second-order valence-corrected chi connectivity index (χ2v) is 9.24. The molecule has 2 aromatic heterocycles. The highest BCUT2D eigenvalue weighted by molar-refractivity contribution is 5.98. The van der Waals surface area contributed by atoms with E-state index in [9.17, 15) is 18.4 Å². The first-order valence-corrected chi connectivity index (χ1v) is 11.9. The van der Waals surface area contributed by atoms with Gasteiger partial charge < -0.3 is 15.1 Å². The van der Waals surface area contributed by atoms with Crippen LogP contribution in [0, 0.1) is 0 Å². The number of aromatic nitrogens is 1. The Bertz CT molecular complexity index is 1480. The Balaban J connectivity index is 1.48. The van der Waals surface area contributed by atoms with Crippen LogP contribution in [0.25, 0.3) is 33.4 Å². The average Bonchev–Trinajstić information content (AvgIpc) is 3.30. The molecular formula is C29H25F2N3O3. The molecule has 37 heavy (non-hydrogen) atoms. The third-order valence-corrected chi connectivity index (χ3v) is 6.59. The van der Waals surface area contributed by atoms with Crippen LogP contribution in [0.1, 0.15) is 29.0 Å². The second kappa shape index (κ2) is 9.61. The van der Waals surface area contributed by atoms with E-state index in [1.54, 1.807) is 18.3 Å². The number of carbonyl (C=O) groups is 2. The van der Waals surface area contributed by atoms with E-state index < -0.39 is 11.8 Å². The number of benzene rings is 2. The number of carbonyl (C=O) groups excluding carboxylic acids is 2. The molecule has 0 radical (unpaired) electrons. The first kappa shape index (κ1) is 24.4. The fourth-order valence-electron chi connectivity index (χ4n) is 4.49. The van der Waals surface area contributed by atoms with Gasteiger partial charge in [0.2, 0.25) is 5.91 Å². The summed E-state index contributed by atoms with van der Waals surface area (Å²) in [7, 11) is 0. The Morgan fingerprint density at radius 1 is 1.03 bits per heavy atom. The highest BCUT2D eigenvalue weighted by atomic mass is 19.3. The summed E-state index contributed by atoms with van der Waals surface area (Å²) in [5.74, 6) is -2.98. The van der Waals surface area contributed by atoms with Gasteiger partial charge in [-0.25, -0.2) is 8.78 Å². The summed E-state index contributed by atoms with van der Waals surface area (Å²) in [5.41, 5.74) is 9.91. The van der Waals surface area contributed by atoms with E-state index in [1.807, 2.05) is 48.5 Å². The lowest BCUT2D eigenvalue weighted by molar-refractivity contribution is -0.114. The third kappa shape index (κ3) is 5.14. The van der Waals surface area contributed by atoms with Gasteiger partial charge in [-0.1, -0.05) is 24.8 Å². The van der Waals surface area contributed by atoms with Crippen LogP contribution in [0.2, 0.25) is 0 Å². The summed E-state index contributed by atoms with van der Waals surface area (Å²) in [6, 6.07) is 18.5. The molecule has 2 aromatic carbocycles. The molecule has 0 atom stereocenters. The predicted octanol–water partition coefficient (Wildman–Crippen LogP) is 5.62. The number of hydrogen-bond donors (Lipinski definition) is 1. The normalized spacial score (nSPS) is 15.0. The maximum atomic E-state index is 13.5. The van der Waals surface area contributed by atoms with Gasteiger partial charge in [-0.05, 0) is 53.6 Å². The van der Waals surface area contributed by atoms with Crippen LogP contribution in [-0.4, -0.2) is 40.7 Å². The highest BCUT2D eigenvalue weighted by Crippen LogP contribution is 2.36. The van der Waals surface area contributed by atoms with E-state index >= 15 is 0 Å². The molecule has 3 heterocycles. The van der Waals surface area contributed by atoms with Crippen molar-refractivity contribution in [3.8, 4) is 22.4 Å². The molecular weight excluding hydrogens is 476 g/mol. The molecule has 1 saturated heterocycles. The molecule has 188 valence electrons. The van der Waals surface area contributed by atoms with Crippen molar-refractivity contribution in [3.05, 3.63) is 90.3 Å². The first-order valence-electron chi connectivity index (χ1n) is 11.9. The summed E-state index contributed by atoms with van der Waals surface area (Å²) in [6.07, 6.45) is 1.27. The van der Waals surface area contributed by atoms with Crippen LogP contribution in [0.15, 0.2) is 83.4 Å². The SMILES string of the molecule is C=C(Cc1cc2cc(-c3ccc(C(=O)N4CCC(F)(F)CC4)cc3)cc(-c3ccccn3)c2o1)C(N)=O. The van der Waals surface area contributed by atoms with Crippen LogP contribution in [0.4, 0.5) is 8.78 Å². The molecule has 4 aromatic rings. The summed E-state index contributed by atoms with van der Waals surface area (Å²) in [6.45, 7) is 3.80. The lowest BCUT2D eigenvalue weighted by Gasteiger charge is -2.31. The molecule has 0 aliphatic carbocycles. The van der Waals surface area contributed by atoms with Crippen LogP contribution < -0.4 is 5.73 Å². The Labute approximate surface area is 212 Å². The predicted molar refractivity (Wildman–Crippen MR) is 137 cm³/mol. The van der Waals surface area contributed by atoms with Crippen molar-refractivity contribution in [1.82, 2.24) is 9.88 Å². The quantitative estimate of drug-likeness (QED) is 0.348. The maximum absolute atomic E-state index is 13.5. The average molecular weight is 502 g/mol. The number of piperidine rings is 1. The smallest absolute Gasteiger partial charge is 0.253 e. The van der Waals surface area contributed by atoms with Crippen molar-refractivity contribution in [2.75, 3.05) is 13.1 Å². The summed E-state index contributed by atoms with van der Waals surface area (Å²) >= 11 is 0. The number of hydrogen-bond acceptors (Lipinski definition) is 4. The molecule has 1 aliphatic heterocycles. The molecule has 2 N–H and O–H groups in total. The minimum atomic E-state index is -2.70. The van der Waals surface area contributed by atoms with E-state index in [4.69, 9.17) is 10.2 Å². The van der Waals surface area contributed by atoms with Crippen LogP contribution in [0.3, 0.4) is 0 Å². The van der Waals surface area contributed by atoms with Crippen LogP contribution >= 0.6 is 0 Å². The van der Waals surface area contributed by atoms with Crippen molar-refractivity contribution in [2.45, 2.75) is 25.2 Å². The van der Waals surface area contributed by atoms with Gasteiger partial charge in [-0.15, -0.1) is 0 Å². The molecule has 5 rings (SSSR count). The number of amides is 2. The molecule has 0 spiro atoms. The molecule has 8 heteroatoms. The Kier molecular flexibility index (Phi) is 6.33. The Morgan fingerprint density at radius 3 is 2.41 bits per heavy atom. The standard InChI is InChI=1S/C29H25F2N3O3/c1-18(27(32)35)14-23-16-22-15-21(17-24(26(22)37-23)25-4-2-3-11-33-25)19-5-7-20(8-6-19)28(36)34-12-9-29(30,31)10-13-34/h2-8,11,15-17H,1,9-10,12-14H2,(H2,32,35). The van der Waals surface area contributed by atoms with Gasteiger partial charge in [0.05, 0.1) is 5.69 Å². The number of alkyl halides is 2. The van der Waals surface area contributed by atoms with Gasteiger partial charge in [-0.2, -0.15) is 0 Å². The van der Waals surface area contributed by atoms with Crippen LogP contribution in [-0.2, 0) is 11.2 Å². The topological polar surface area (TPSA) is 89.4 Å². The van der Waals surface area contributed by atoms with Crippen molar-refractivity contribution < 1.29 is 22.8 Å². The summed E-state index contributed by atoms with van der Waals surface area (Å²) in [5, 5.41) is 0.819. The minimum absolute atomic E-state index is 0.0443. The number of furan rings is 1. The Morgan fingerprint density at radius 2 is 1.76 bits per heavy atom. The monoisotopic (exact) mass is 501 g/mol. The highest BCUT2D eigenvalue weighted by Gasteiger charge is 2.35. The Hall–Kier alpha value is -4.33. The minimum Gasteiger partial charge on any atom is -0.460 e. The van der Waals surface area contributed by atoms with E-state index in [-0.39, 0.29) is 43.8 Å². The fraction of sp³-hybridized carbons (Fsp3) is 0.207. The first-order chi connectivity index (χ1) is 17.7. The summed E-state index contributed by atoms with van der Waals surface area (Å²) in [4.78, 5) is 30.2. The molecule has 1 aliphatic rings. The van der Waals surface area contributed by atoms with Crippen molar-refractivity contribution in [3.63, 3.8) is 0 Å². The van der Waals surface area contributed by atoms with Gasteiger partial charge in [0, 0.05) is 60.6 Å². The zero-order chi connectivity index (χ0) is 26.2. The van der Waals surface area contributed by atoms with E-state index in [0.717, 1.165) is 27.8 Å². The third-order valence-electron chi connectivity index (χ3n) is 6.59. The zero-order valence-corrected chi connectivity index (χ0v) is 20.0. The lowest BCUT2D eigenvalue weighted by atomic mass is 9.97. The van der Waals surface area contributed by atoms with E-state index in [0.29, 0.717) is 16.9 Å². The summed E-state index contributed by atoms with van der Waals surface area (Å²) < 4.78 is 33.0. The molecule has 1 fully saturated rings.